The Morgan fingerprint density at radius 2 is 1.95 bits per heavy atom. The van der Waals surface area contributed by atoms with E-state index in [4.69, 9.17) is 0 Å². The van der Waals surface area contributed by atoms with Crippen LogP contribution >= 0.6 is 15.9 Å². The maximum atomic E-state index is 13.1. The summed E-state index contributed by atoms with van der Waals surface area (Å²) in [6.45, 7) is 3.46. The Morgan fingerprint density at radius 1 is 1.16 bits per heavy atom. The number of rotatable bonds is 6. The number of carbonyl (C=O) groups excluding carboxylic acids is 2. The number of aromatic hydroxyl groups is 1. The van der Waals surface area contributed by atoms with Crippen LogP contribution in [0.2, 0.25) is 0 Å². The molecule has 0 radical (unpaired) electrons. The fourth-order valence-electron chi connectivity index (χ4n) is 4.64. The van der Waals surface area contributed by atoms with Crippen molar-refractivity contribution in [1.82, 2.24) is 19.5 Å². The Labute approximate surface area is 222 Å². The zero-order chi connectivity index (χ0) is 25.9. The Hall–Kier alpha value is -3.92. The van der Waals surface area contributed by atoms with Gasteiger partial charge in [-0.15, -0.1) is 0 Å². The minimum atomic E-state index is -0.146. The molecule has 190 valence electrons. The molecule has 3 heterocycles. The van der Waals surface area contributed by atoms with Gasteiger partial charge in [-0.25, -0.2) is 4.98 Å². The molecule has 0 bridgehead atoms. The predicted octanol–water partition coefficient (Wildman–Crippen LogP) is 4.79. The predicted molar refractivity (Wildman–Crippen MR) is 146 cm³/mol. The summed E-state index contributed by atoms with van der Waals surface area (Å²) in [5.74, 6) is 1.01. The first-order chi connectivity index (χ1) is 17.9. The van der Waals surface area contributed by atoms with Crippen LogP contribution < -0.4 is 10.6 Å². The van der Waals surface area contributed by atoms with Crippen LogP contribution in [0.25, 0.3) is 16.9 Å². The number of nitrogens with zero attached hydrogens (tertiary/aromatic N) is 4. The molecule has 9 nitrogen and oxygen atoms in total. The van der Waals surface area contributed by atoms with Crippen molar-refractivity contribution in [1.29, 1.82) is 0 Å². The van der Waals surface area contributed by atoms with Crippen LogP contribution in [0.1, 0.15) is 30.1 Å². The van der Waals surface area contributed by atoms with E-state index in [0.717, 1.165) is 23.1 Å². The molecular formula is C27H27BrN6O3. The summed E-state index contributed by atoms with van der Waals surface area (Å²) in [7, 11) is 0. The van der Waals surface area contributed by atoms with Gasteiger partial charge in [-0.3, -0.25) is 9.59 Å². The Kier molecular flexibility index (Phi) is 7.09. The number of benzene rings is 2. The standard InChI is InChI=1S/C27H27BrN6O3/c1-17(35)31-20-10-8-19(9-11-20)27(37)33-12-4-5-18(16-33)14-29-25-13-23(21-6-2-3-7-24(21)36)32-26-22(28)15-30-34(25)26/h2-3,6-11,13,15,18,29,36H,4-5,12,14,16H2,1H3,(H,31,35). The number of para-hydroxylation sites is 1. The number of phenols is 1. The number of nitrogens with one attached hydrogen (secondary N) is 2. The molecule has 1 aliphatic heterocycles. The van der Waals surface area contributed by atoms with Gasteiger partial charge in [0.2, 0.25) is 5.91 Å². The van der Waals surface area contributed by atoms with Crippen LogP contribution in [-0.4, -0.2) is 56.1 Å². The smallest absolute Gasteiger partial charge is 0.253 e. The molecule has 2 amide bonds. The summed E-state index contributed by atoms with van der Waals surface area (Å²) < 4.78 is 2.49. The fraction of sp³-hybridized carbons (Fsp3) is 0.259. The quantitative estimate of drug-likeness (QED) is 0.311. The van der Waals surface area contributed by atoms with Gasteiger partial charge in [0.05, 0.1) is 16.4 Å². The third-order valence-electron chi connectivity index (χ3n) is 6.44. The first-order valence-electron chi connectivity index (χ1n) is 12.1. The number of hydrogen-bond acceptors (Lipinski definition) is 6. The summed E-state index contributed by atoms with van der Waals surface area (Å²) in [4.78, 5) is 31.0. The molecule has 2 aromatic heterocycles. The van der Waals surface area contributed by atoms with E-state index in [9.17, 15) is 14.7 Å². The van der Waals surface area contributed by atoms with Crippen molar-refractivity contribution in [3.8, 4) is 17.0 Å². The summed E-state index contributed by atoms with van der Waals surface area (Å²) in [5, 5.41) is 21.0. The minimum absolute atomic E-state index is 0.0109. The van der Waals surface area contributed by atoms with E-state index in [2.05, 4.69) is 36.6 Å². The third-order valence-corrected chi connectivity index (χ3v) is 7.00. The van der Waals surface area contributed by atoms with Gasteiger partial charge >= 0.3 is 0 Å². The molecule has 0 spiro atoms. The van der Waals surface area contributed by atoms with Crippen LogP contribution in [0.4, 0.5) is 11.5 Å². The number of halogens is 1. The maximum Gasteiger partial charge on any atom is 0.253 e. The zero-order valence-corrected chi connectivity index (χ0v) is 21.9. The summed E-state index contributed by atoms with van der Waals surface area (Å²) in [5.41, 5.74) is 3.19. The summed E-state index contributed by atoms with van der Waals surface area (Å²) in [6, 6.07) is 16.0. The maximum absolute atomic E-state index is 13.1. The molecule has 1 saturated heterocycles. The molecule has 0 saturated carbocycles. The topological polar surface area (TPSA) is 112 Å². The number of phenolic OH excluding ortho intramolecular Hbond substituents is 1. The normalized spacial score (nSPS) is 15.5. The second-order valence-electron chi connectivity index (χ2n) is 9.17. The van der Waals surface area contributed by atoms with E-state index >= 15 is 0 Å². The lowest BCUT2D eigenvalue weighted by atomic mass is 9.97. The minimum Gasteiger partial charge on any atom is -0.507 e. The molecule has 0 aliphatic carbocycles. The van der Waals surface area contributed by atoms with Crippen LogP contribution in [0.5, 0.6) is 5.75 Å². The molecule has 1 atom stereocenters. The fourth-order valence-corrected chi connectivity index (χ4v) is 4.99. The molecule has 1 aliphatic rings. The van der Waals surface area contributed by atoms with Crippen molar-refractivity contribution in [2.24, 2.45) is 5.92 Å². The van der Waals surface area contributed by atoms with E-state index < -0.39 is 0 Å². The van der Waals surface area contributed by atoms with Gasteiger partial charge in [-0.2, -0.15) is 9.61 Å². The van der Waals surface area contributed by atoms with E-state index in [0.29, 0.717) is 47.8 Å². The van der Waals surface area contributed by atoms with Crippen molar-refractivity contribution >= 4 is 44.9 Å². The van der Waals surface area contributed by atoms with Gasteiger partial charge in [-0.05, 0) is 71.1 Å². The second kappa shape index (κ2) is 10.6. The Balaban J connectivity index is 1.30. The van der Waals surface area contributed by atoms with Gasteiger partial charge in [0.1, 0.15) is 11.6 Å². The van der Waals surface area contributed by atoms with E-state index in [1.165, 1.54) is 6.92 Å². The zero-order valence-electron chi connectivity index (χ0n) is 20.3. The lowest BCUT2D eigenvalue weighted by molar-refractivity contribution is -0.114. The van der Waals surface area contributed by atoms with Crippen LogP contribution in [0, 0.1) is 5.92 Å². The number of hydrogen-bond donors (Lipinski definition) is 3. The average molecular weight is 563 g/mol. The van der Waals surface area contributed by atoms with Crippen molar-refractivity contribution < 1.29 is 14.7 Å². The largest absolute Gasteiger partial charge is 0.507 e. The monoisotopic (exact) mass is 562 g/mol. The highest BCUT2D eigenvalue weighted by Gasteiger charge is 2.25. The number of piperidine rings is 1. The van der Waals surface area contributed by atoms with Crippen LogP contribution in [-0.2, 0) is 4.79 Å². The number of likely N-dealkylation sites (tertiary alicyclic amines) is 1. The van der Waals surface area contributed by atoms with Crippen LogP contribution in [0.3, 0.4) is 0 Å². The lowest BCUT2D eigenvalue weighted by Crippen LogP contribution is -2.41. The van der Waals surface area contributed by atoms with Gasteiger partial charge in [0.15, 0.2) is 5.65 Å². The van der Waals surface area contributed by atoms with Crippen molar-refractivity contribution in [2.75, 3.05) is 30.3 Å². The molecule has 10 heteroatoms. The first-order valence-corrected chi connectivity index (χ1v) is 12.9. The lowest BCUT2D eigenvalue weighted by Gasteiger charge is -2.33. The molecular weight excluding hydrogens is 536 g/mol. The van der Waals surface area contributed by atoms with Gasteiger partial charge < -0.3 is 20.6 Å². The number of fused-ring (bicyclic) bond motifs is 1. The van der Waals surface area contributed by atoms with E-state index in [1.54, 1.807) is 47.1 Å². The number of aromatic nitrogens is 3. The molecule has 5 rings (SSSR count). The van der Waals surface area contributed by atoms with Crippen molar-refractivity contribution in [3.05, 3.63) is 70.8 Å². The van der Waals surface area contributed by atoms with E-state index in [1.807, 2.05) is 23.1 Å². The molecule has 1 fully saturated rings. The van der Waals surface area contributed by atoms with Gasteiger partial charge in [0.25, 0.3) is 5.91 Å². The van der Waals surface area contributed by atoms with E-state index in [-0.39, 0.29) is 23.5 Å². The number of anilines is 2. The number of amides is 2. The van der Waals surface area contributed by atoms with Gasteiger partial charge in [0, 0.05) is 49.4 Å². The molecule has 2 aromatic carbocycles. The van der Waals surface area contributed by atoms with Crippen LogP contribution in [0.15, 0.2) is 65.3 Å². The number of carbonyl (C=O) groups is 2. The summed E-state index contributed by atoms with van der Waals surface area (Å²) >= 11 is 3.52. The average Bonchev–Trinajstić information content (AvgIpc) is 3.28. The molecule has 4 aromatic rings. The second-order valence-corrected chi connectivity index (χ2v) is 10.0. The molecule has 1 unspecified atom stereocenters. The Morgan fingerprint density at radius 3 is 2.70 bits per heavy atom. The highest BCUT2D eigenvalue weighted by molar-refractivity contribution is 9.10. The molecule has 3 N–H and O–H groups in total. The SMILES string of the molecule is CC(=O)Nc1ccc(C(=O)N2CCCC(CNc3cc(-c4ccccc4O)nc4c(Br)cnn34)C2)cc1. The Bertz CT molecular complexity index is 1450. The highest BCUT2D eigenvalue weighted by Crippen LogP contribution is 2.31. The third kappa shape index (κ3) is 5.43. The van der Waals surface area contributed by atoms with Crippen molar-refractivity contribution in [3.63, 3.8) is 0 Å². The summed E-state index contributed by atoms with van der Waals surface area (Å²) in [6.07, 6.45) is 3.62. The molecule has 37 heavy (non-hydrogen) atoms. The highest BCUT2D eigenvalue weighted by atomic mass is 79.9. The van der Waals surface area contributed by atoms with Crippen molar-refractivity contribution in [2.45, 2.75) is 19.8 Å². The first kappa shape index (κ1) is 24.8. The van der Waals surface area contributed by atoms with Gasteiger partial charge in [-0.1, -0.05) is 12.1 Å².